The van der Waals surface area contributed by atoms with E-state index < -0.39 is 5.97 Å². The fraction of sp³-hybridized carbons (Fsp3) is 0.600. The zero-order valence-corrected chi connectivity index (χ0v) is 14.9. The molecule has 0 radical (unpaired) electrons. The normalized spacial score (nSPS) is 26.9. The summed E-state index contributed by atoms with van der Waals surface area (Å²) in [7, 11) is 0. The van der Waals surface area contributed by atoms with Gasteiger partial charge in [-0.25, -0.2) is 0 Å². The van der Waals surface area contributed by atoms with Gasteiger partial charge in [0, 0.05) is 29.9 Å². The van der Waals surface area contributed by atoms with Crippen molar-refractivity contribution >= 4 is 17.6 Å². The van der Waals surface area contributed by atoms with E-state index in [1.807, 2.05) is 29.2 Å². The van der Waals surface area contributed by atoms with E-state index in [4.69, 9.17) is 5.11 Å². The van der Waals surface area contributed by atoms with Gasteiger partial charge in [-0.1, -0.05) is 0 Å². The number of carbonyl (C=O) groups excluding carboxylic acids is 1. The lowest BCUT2D eigenvalue weighted by atomic mass is 9.86. The Labute approximate surface area is 149 Å². The maximum Gasteiger partial charge on any atom is 0.306 e. The van der Waals surface area contributed by atoms with E-state index in [9.17, 15) is 9.59 Å². The van der Waals surface area contributed by atoms with E-state index in [1.54, 1.807) is 0 Å². The Morgan fingerprint density at radius 3 is 2.32 bits per heavy atom. The second-order valence-corrected chi connectivity index (χ2v) is 7.45. The number of rotatable bonds is 4. The van der Waals surface area contributed by atoms with Gasteiger partial charge in [0.15, 0.2) is 0 Å². The molecule has 3 rings (SSSR count). The predicted octanol–water partition coefficient (Wildman–Crippen LogP) is 3.76. The summed E-state index contributed by atoms with van der Waals surface area (Å²) >= 11 is 0. The molecule has 2 aliphatic rings. The Morgan fingerprint density at radius 2 is 1.72 bits per heavy atom. The Balaban J connectivity index is 1.55. The number of carbonyl (C=O) groups is 2. The number of nitrogens with one attached hydrogen (secondary N) is 1. The van der Waals surface area contributed by atoms with Crippen LogP contribution in [0, 0.1) is 5.92 Å². The number of hydrogen-bond acceptors (Lipinski definition) is 3. The standard InChI is InChI=1S/C20H28N2O3/c1-14-4-2-3-13-22(14)19(23)15-5-9-17(10-6-15)21-18-11-7-16(8-12-18)20(24)25/h5-6,9-10,14,16,18,21H,2-4,7-8,11-13H2,1H3,(H,24,25). The van der Waals surface area contributed by atoms with Crippen molar-refractivity contribution < 1.29 is 14.7 Å². The summed E-state index contributed by atoms with van der Waals surface area (Å²) in [5.74, 6) is -0.737. The summed E-state index contributed by atoms with van der Waals surface area (Å²) in [4.78, 5) is 25.7. The zero-order valence-electron chi connectivity index (χ0n) is 14.9. The highest BCUT2D eigenvalue weighted by Gasteiger charge is 2.26. The second kappa shape index (κ2) is 7.89. The number of nitrogens with zero attached hydrogens (tertiary/aromatic N) is 1. The van der Waals surface area contributed by atoms with E-state index in [1.165, 1.54) is 6.42 Å². The van der Waals surface area contributed by atoms with E-state index in [-0.39, 0.29) is 11.8 Å². The van der Waals surface area contributed by atoms with Gasteiger partial charge in [0.1, 0.15) is 0 Å². The van der Waals surface area contributed by atoms with Gasteiger partial charge in [0.2, 0.25) is 0 Å². The zero-order chi connectivity index (χ0) is 17.8. The third-order valence-electron chi connectivity index (χ3n) is 5.64. The fourth-order valence-electron chi connectivity index (χ4n) is 4.00. The highest BCUT2D eigenvalue weighted by atomic mass is 16.4. The number of carboxylic acids is 1. The molecule has 1 saturated carbocycles. The van der Waals surface area contributed by atoms with E-state index in [2.05, 4.69) is 12.2 Å². The molecule has 0 spiro atoms. The number of hydrogen-bond donors (Lipinski definition) is 2. The molecule has 1 aromatic carbocycles. The van der Waals surface area contributed by atoms with Gasteiger partial charge in [0.05, 0.1) is 5.92 Å². The average molecular weight is 344 g/mol. The molecule has 1 unspecified atom stereocenters. The maximum absolute atomic E-state index is 12.7. The number of carboxylic acid groups (broad SMARTS) is 1. The number of amides is 1. The van der Waals surface area contributed by atoms with Crippen molar-refractivity contribution in [1.29, 1.82) is 0 Å². The monoisotopic (exact) mass is 344 g/mol. The van der Waals surface area contributed by atoms with E-state index in [0.717, 1.165) is 56.3 Å². The topological polar surface area (TPSA) is 69.6 Å². The first kappa shape index (κ1) is 17.8. The largest absolute Gasteiger partial charge is 0.481 e. The molecule has 2 fully saturated rings. The number of piperidine rings is 1. The van der Waals surface area contributed by atoms with Gasteiger partial charge in [-0.05, 0) is 76.1 Å². The Hall–Kier alpha value is -2.04. The molecule has 136 valence electrons. The van der Waals surface area contributed by atoms with Gasteiger partial charge in [0.25, 0.3) is 5.91 Å². The average Bonchev–Trinajstić information content (AvgIpc) is 2.63. The number of benzene rings is 1. The first-order valence-electron chi connectivity index (χ1n) is 9.45. The Kier molecular flexibility index (Phi) is 5.61. The molecule has 5 heteroatoms. The van der Waals surface area contributed by atoms with Gasteiger partial charge < -0.3 is 15.3 Å². The highest BCUT2D eigenvalue weighted by molar-refractivity contribution is 5.94. The summed E-state index contributed by atoms with van der Waals surface area (Å²) in [6.07, 6.45) is 6.61. The van der Waals surface area contributed by atoms with Crippen molar-refractivity contribution in [3.8, 4) is 0 Å². The SMILES string of the molecule is CC1CCCCN1C(=O)c1ccc(NC2CCC(C(=O)O)CC2)cc1. The van der Waals surface area contributed by atoms with Crippen LogP contribution in [0.25, 0.3) is 0 Å². The molecular weight excluding hydrogens is 316 g/mol. The Morgan fingerprint density at radius 1 is 1.04 bits per heavy atom. The lowest BCUT2D eigenvalue weighted by Gasteiger charge is -2.33. The molecule has 0 aromatic heterocycles. The second-order valence-electron chi connectivity index (χ2n) is 7.45. The van der Waals surface area contributed by atoms with Crippen molar-refractivity contribution in [2.75, 3.05) is 11.9 Å². The third kappa shape index (κ3) is 4.33. The van der Waals surface area contributed by atoms with Crippen molar-refractivity contribution in [2.24, 2.45) is 5.92 Å². The van der Waals surface area contributed by atoms with Crippen LogP contribution < -0.4 is 5.32 Å². The van der Waals surface area contributed by atoms with E-state index in [0.29, 0.717) is 12.1 Å². The van der Waals surface area contributed by atoms with Crippen LogP contribution in [0.15, 0.2) is 24.3 Å². The van der Waals surface area contributed by atoms with Gasteiger partial charge in [-0.2, -0.15) is 0 Å². The molecule has 1 aromatic rings. The molecule has 1 atom stereocenters. The smallest absolute Gasteiger partial charge is 0.306 e. The first-order chi connectivity index (χ1) is 12.0. The summed E-state index contributed by atoms with van der Waals surface area (Å²) in [6, 6.07) is 8.36. The minimum atomic E-state index is -0.673. The first-order valence-corrected chi connectivity index (χ1v) is 9.45. The number of likely N-dealkylation sites (tertiary alicyclic amines) is 1. The minimum Gasteiger partial charge on any atom is -0.481 e. The summed E-state index contributed by atoms with van der Waals surface area (Å²) in [5, 5.41) is 12.5. The quantitative estimate of drug-likeness (QED) is 0.872. The highest BCUT2D eigenvalue weighted by Crippen LogP contribution is 2.27. The predicted molar refractivity (Wildman–Crippen MR) is 97.8 cm³/mol. The van der Waals surface area contributed by atoms with Crippen LogP contribution in [0.1, 0.15) is 62.2 Å². The lowest BCUT2D eigenvalue weighted by molar-refractivity contribution is -0.142. The van der Waals surface area contributed by atoms with Crippen molar-refractivity contribution in [1.82, 2.24) is 4.90 Å². The number of aliphatic carboxylic acids is 1. The van der Waals surface area contributed by atoms with Crippen LogP contribution >= 0.6 is 0 Å². The molecule has 2 N–H and O–H groups in total. The van der Waals surface area contributed by atoms with Gasteiger partial charge in [-0.3, -0.25) is 9.59 Å². The molecule has 1 amide bonds. The summed E-state index contributed by atoms with van der Waals surface area (Å²) in [5.41, 5.74) is 1.75. The molecule has 1 saturated heterocycles. The van der Waals surface area contributed by atoms with E-state index >= 15 is 0 Å². The molecule has 0 bridgehead atoms. The van der Waals surface area contributed by atoms with Gasteiger partial charge in [-0.15, -0.1) is 0 Å². The summed E-state index contributed by atoms with van der Waals surface area (Å²) in [6.45, 7) is 2.98. The van der Waals surface area contributed by atoms with Crippen LogP contribution in [0.2, 0.25) is 0 Å². The molecule has 1 aliphatic heterocycles. The summed E-state index contributed by atoms with van der Waals surface area (Å²) < 4.78 is 0. The van der Waals surface area contributed by atoms with Crippen molar-refractivity contribution in [3.05, 3.63) is 29.8 Å². The molecule has 1 aliphatic carbocycles. The van der Waals surface area contributed by atoms with Crippen LogP contribution in [-0.2, 0) is 4.79 Å². The van der Waals surface area contributed by atoms with Crippen LogP contribution in [-0.4, -0.2) is 40.5 Å². The van der Waals surface area contributed by atoms with Crippen LogP contribution in [0.4, 0.5) is 5.69 Å². The molecule has 1 heterocycles. The third-order valence-corrected chi connectivity index (χ3v) is 5.64. The van der Waals surface area contributed by atoms with Gasteiger partial charge >= 0.3 is 5.97 Å². The molecular formula is C20H28N2O3. The van der Waals surface area contributed by atoms with Crippen LogP contribution in [0.5, 0.6) is 0 Å². The lowest BCUT2D eigenvalue weighted by Crippen LogP contribution is -2.42. The number of anilines is 1. The minimum absolute atomic E-state index is 0.126. The van der Waals surface area contributed by atoms with Crippen molar-refractivity contribution in [2.45, 2.75) is 64.0 Å². The van der Waals surface area contributed by atoms with Crippen molar-refractivity contribution in [3.63, 3.8) is 0 Å². The molecule has 5 nitrogen and oxygen atoms in total. The van der Waals surface area contributed by atoms with Crippen LogP contribution in [0.3, 0.4) is 0 Å². The Bertz CT molecular complexity index is 606. The fourth-order valence-corrected chi connectivity index (χ4v) is 4.00. The maximum atomic E-state index is 12.7. The molecule has 25 heavy (non-hydrogen) atoms.